The zero-order valence-electron chi connectivity index (χ0n) is 5.04. The van der Waals surface area contributed by atoms with Crippen LogP contribution < -0.4 is 0 Å². The van der Waals surface area contributed by atoms with E-state index < -0.39 is 11.9 Å². The van der Waals surface area contributed by atoms with Crippen LogP contribution in [0.15, 0.2) is 0 Å². The lowest BCUT2D eigenvalue weighted by Gasteiger charge is -1.94. The van der Waals surface area contributed by atoms with Crippen LogP contribution in [0.25, 0.3) is 0 Å². The Hall–Kier alpha value is -0.710. The molecule has 0 rings (SSSR count). The van der Waals surface area contributed by atoms with Crippen LogP contribution in [0.1, 0.15) is 13.8 Å². The van der Waals surface area contributed by atoms with E-state index in [4.69, 9.17) is 0 Å². The van der Waals surface area contributed by atoms with E-state index in [1.165, 1.54) is 13.8 Å². The standard InChI is InChI=1S/C4H6O4S/c1-3(5)7-9-8-4(2)6/h1-2H3. The third kappa shape index (κ3) is 7.29. The molecule has 0 spiro atoms. The number of carbonyl (C=O) groups excluding carboxylic acids is 2. The fraction of sp³-hybridized carbons (Fsp3) is 0.500. The molecule has 0 aromatic rings. The summed E-state index contributed by atoms with van der Waals surface area (Å²) in [7, 11) is 0. The summed E-state index contributed by atoms with van der Waals surface area (Å²) in [6.07, 6.45) is 0. The zero-order chi connectivity index (χ0) is 7.28. The largest absolute Gasteiger partial charge is 0.355 e. The van der Waals surface area contributed by atoms with Gasteiger partial charge in [-0.1, -0.05) is 0 Å². The van der Waals surface area contributed by atoms with Gasteiger partial charge in [-0.25, -0.2) is 0 Å². The van der Waals surface area contributed by atoms with E-state index in [2.05, 4.69) is 8.37 Å². The van der Waals surface area contributed by atoms with Gasteiger partial charge in [-0.05, 0) is 0 Å². The highest BCUT2D eigenvalue weighted by molar-refractivity contribution is 7.90. The van der Waals surface area contributed by atoms with Crippen LogP contribution in [0, 0.1) is 0 Å². The SMILES string of the molecule is CC(=O)OSOC(C)=O. The van der Waals surface area contributed by atoms with Crippen molar-refractivity contribution in [2.45, 2.75) is 13.8 Å². The third-order valence-electron chi connectivity index (χ3n) is 0.303. The Balaban J connectivity index is 3.10. The first-order valence-corrected chi connectivity index (χ1v) is 2.82. The third-order valence-corrected chi connectivity index (χ3v) is 0.908. The molecular weight excluding hydrogens is 144 g/mol. The summed E-state index contributed by atoms with van der Waals surface area (Å²) in [5.74, 6) is -0.998. The smallest absolute Gasteiger partial charge is 0.317 e. The summed E-state index contributed by atoms with van der Waals surface area (Å²) >= 11 is 0.370. The van der Waals surface area contributed by atoms with Crippen molar-refractivity contribution in [2.75, 3.05) is 0 Å². The molecule has 0 N–H and O–H groups in total. The highest BCUT2D eigenvalue weighted by Gasteiger charge is 1.97. The van der Waals surface area contributed by atoms with Crippen LogP contribution in [0.2, 0.25) is 0 Å². The topological polar surface area (TPSA) is 52.6 Å². The lowest BCUT2D eigenvalue weighted by atomic mass is 10.9. The predicted molar refractivity (Wildman–Crippen MR) is 31.1 cm³/mol. The van der Waals surface area contributed by atoms with E-state index in [0.29, 0.717) is 12.3 Å². The zero-order valence-corrected chi connectivity index (χ0v) is 5.86. The first-order valence-electron chi connectivity index (χ1n) is 2.15. The van der Waals surface area contributed by atoms with Crippen molar-refractivity contribution in [3.05, 3.63) is 0 Å². The molecule has 5 heteroatoms. The molecule has 0 aliphatic heterocycles. The first kappa shape index (κ1) is 8.29. The molecule has 0 aromatic heterocycles. The lowest BCUT2D eigenvalue weighted by Crippen LogP contribution is -1.94. The maximum atomic E-state index is 9.99. The molecule has 0 bridgehead atoms. The van der Waals surface area contributed by atoms with Crippen molar-refractivity contribution in [3.8, 4) is 0 Å². The van der Waals surface area contributed by atoms with Crippen molar-refractivity contribution in [1.29, 1.82) is 0 Å². The van der Waals surface area contributed by atoms with Crippen LogP contribution in [-0.2, 0) is 18.0 Å². The molecule has 0 aromatic carbocycles. The monoisotopic (exact) mass is 150 g/mol. The molecule has 0 aliphatic carbocycles. The van der Waals surface area contributed by atoms with Crippen LogP contribution in [0.4, 0.5) is 0 Å². The van der Waals surface area contributed by atoms with Gasteiger partial charge in [0.2, 0.25) is 0 Å². The number of rotatable bonds is 2. The molecular formula is C4H6O4S. The summed E-state index contributed by atoms with van der Waals surface area (Å²) in [5, 5.41) is 0. The fourth-order valence-electron chi connectivity index (χ4n) is 0.113. The quantitative estimate of drug-likeness (QED) is 0.541. The summed E-state index contributed by atoms with van der Waals surface area (Å²) in [6.45, 7) is 2.44. The van der Waals surface area contributed by atoms with Crippen molar-refractivity contribution in [3.63, 3.8) is 0 Å². The molecule has 0 saturated heterocycles. The molecule has 9 heavy (non-hydrogen) atoms. The molecule has 0 unspecified atom stereocenters. The Morgan fingerprint density at radius 3 is 1.67 bits per heavy atom. The highest BCUT2D eigenvalue weighted by Crippen LogP contribution is 2.03. The van der Waals surface area contributed by atoms with Gasteiger partial charge in [-0.15, -0.1) is 0 Å². The van der Waals surface area contributed by atoms with E-state index >= 15 is 0 Å². The minimum atomic E-state index is -0.499. The second kappa shape index (κ2) is 4.20. The Morgan fingerprint density at radius 2 is 1.44 bits per heavy atom. The average Bonchev–Trinajstić information content (AvgIpc) is 1.63. The van der Waals surface area contributed by atoms with Crippen molar-refractivity contribution in [2.24, 2.45) is 0 Å². The molecule has 0 fully saturated rings. The van der Waals surface area contributed by atoms with Gasteiger partial charge in [-0.2, -0.15) is 0 Å². The molecule has 0 heterocycles. The Morgan fingerprint density at radius 1 is 1.11 bits per heavy atom. The Labute approximate surface area is 56.9 Å². The van der Waals surface area contributed by atoms with Crippen LogP contribution in [0.3, 0.4) is 0 Å². The van der Waals surface area contributed by atoms with Gasteiger partial charge in [0.1, 0.15) is 0 Å². The first-order chi connectivity index (χ1) is 4.13. The van der Waals surface area contributed by atoms with E-state index in [1.54, 1.807) is 0 Å². The fourth-order valence-corrected chi connectivity index (χ4v) is 0.338. The number of carbonyl (C=O) groups is 2. The molecule has 0 atom stereocenters. The van der Waals surface area contributed by atoms with Crippen LogP contribution in [-0.4, -0.2) is 11.9 Å². The molecule has 0 amide bonds. The van der Waals surface area contributed by atoms with Gasteiger partial charge in [0.05, 0.1) is 0 Å². The summed E-state index contributed by atoms with van der Waals surface area (Å²) in [4.78, 5) is 20.0. The van der Waals surface area contributed by atoms with Gasteiger partial charge in [0, 0.05) is 13.8 Å². The second-order valence-electron chi connectivity index (χ2n) is 1.22. The van der Waals surface area contributed by atoms with E-state index in [0.717, 1.165) is 0 Å². The van der Waals surface area contributed by atoms with Gasteiger partial charge in [0.15, 0.2) is 0 Å². The predicted octanol–water partition coefficient (Wildman–Crippen LogP) is 0.676. The number of hydrogen-bond donors (Lipinski definition) is 0. The molecule has 0 aliphatic rings. The van der Waals surface area contributed by atoms with Gasteiger partial charge in [0.25, 0.3) is 12.3 Å². The Kier molecular flexibility index (Phi) is 3.87. The van der Waals surface area contributed by atoms with Crippen molar-refractivity contribution >= 4 is 24.3 Å². The lowest BCUT2D eigenvalue weighted by molar-refractivity contribution is -0.133. The van der Waals surface area contributed by atoms with E-state index in [-0.39, 0.29) is 0 Å². The van der Waals surface area contributed by atoms with Gasteiger partial charge < -0.3 is 8.37 Å². The van der Waals surface area contributed by atoms with E-state index in [1.807, 2.05) is 0 Å². The maximum absolute atomic E-state index is 9.99. The minimum absolute atomic E-state index is 0.370. The molecule has 0 radical (unpaired) electrons. The van der Waals surface area contributed by atoms with Crippen LogP contribution >= 0.6 is 12.3 Å². The summed E-state index contributed by atoms with van der Waals surface area (Å²) in [5.41, 5.74) is 0. The van der Waals surface area contributed by atoms with E-state index in [9.17, 15) is 9.59 Å². The second-order valence-corrected chi connectivity index (χ2v) is 1.69. The molecule has 0 saturated carbocycles. The summed E-state index contributed by atoms with van der Waals surface area (Å²) in [6, 6.07) is 0. The average molecular weight is 150 g/mol. The minimum Gasteiger partial charge on any atom is -0.355 e. The number of hydrogen-bond acceptors (Lipinski definition) is 5. The van der Waals surface area contributed by atoms with Crippen LogP contribution in [0.5, 0.6) is 0 Å². The Bertz CT molecular complexity index is 108. The summed E-state index contributed by atoms with van der Waals surface area (Å²) < 4.78 is 8.37. The molecule has 52 valence electrons. The van der Waals surface area contributed by atoms with Crippen molar-refractivity contribution in [1.82, 2.24) is 0 Å². The van der Waals surface area contributed by atoms with Gasteiger partial charge >= 0.3 is 11.9 Å². The van der Waals surface area contributed by atoms with Gasteiger partial charge in [-0.3, -0.25) is 9.59 Å². The highest BCUT2D eigenvalue weighted by atomic mass is 32.2. The normalized spacial score (nSPS) is 8.22. The maximum Gasteiger partial charge on any atom is 0.317 e. The molecule has 4 nitrogen and oxygen atoms in total. The van der Waals surface area contributed by atoms with Crippen molar-refractivity contribution < 1.29 is 18.0 Å².